The molecule has 2 heteroatoms. The molecule has 0 heterocycles. The molecular formula is C32H64O2. The highest BCUT2D eigenvalue weighted by atomic mass is 16.5. The first-order valence-electron chi connectivity index (χ1n) is 15.0. The fourth-order valence-electron chi connectivity index (χ4n) is 8.86. The van der Waals surface area contributed by atoms with Gasteiger partial charge in [-0.25, -0.2) is 0 Å². The third kappa shape index (κ3) is 6.82. The number of carbonyl (C=O) groups excluding carboxylic acids is 1. The van der Waals surface area contributed by atoms with Crippen molar-refractivity contribution in [3.05, 3.63) is 0 Å². The first-order chi connectivity index (χ1) is 15.9. The molecule has 4 saturated carbocycles. The third-order valence-electron chi connectivity index (χ3n) is 10.2. The number of fused-ring (bicyclic) bond motifs is 5. The smallest absolute Gasteiger partial charge is 0.302 e. The largest absolute Gasteiger partial charge is 0.466 e. The molecule has 0 bridgehead atoms. The number of hydrogen-bond donors (Lipinski definition) is 0. The third-order valence-corrected chi connectivity index (χ3v) is 10.2. The van der Waals surface area contributed by atoms with Crippen LogP contribution in [0.25, 0.3) is 0 Å². The molecule has 0 N–H and O–H groups in total. The molecule has 0 spiro atoms. The van der Waals surface area contributed by atoms with Crippen LogP contribution in [0.1, 0.15) is 147 Å². The van der Waals surface area contributed by atoms with Crippen LogP contribution in [-0.2, 0) is 9.53 Å². The summed E-state index contributed by atoms with van der Waals surface area (Å²) in [6.45, 7) is 21.9. The van der Waals surface area contributed by atoms with Crippen molar-refractivity contribution in [1.82, 2.24) is 0 Å². The van der Waals surface area contributed by atoms with E-state index < -0.39 is 0 Å². The zero-order valence-electron chi connectivity index (χ0n) is 24.3. The second-order valence-corrected chi connectivity index (χ2v) is 11.2. The highest BCUT2D eigenvalue weighted by Crippen LogP contribution is 2.68. The van der Waals surface area contributed by atoms with Gasteiger partial charge in [-0.15, -0.1) is 0 Å². The lowest BCUT2D eigenvalue weighted by Crippen LogP contribution is -2.53. The maximum atomic E-state index is 11.1. The standard InChI is InChI=1S/C25H42O2.3C2H6.CH4/c1-17(13-16-27-18(2)26)21-10-11-22-20-9-8-19-7-5-6-14-24(19,3)23(20)12-15-25(21,22)4;3*1-2;/h17,19-23H,5-16H2,1-4H3;3*1-2H3;1H4/t17-,19?,20?,21?,22?,23?,24?,25?;;;;/m1..../s1. The highest BCUT2D eigenvalue weighted by Gasteiger charge is 2.60. The summed E-state index contributed by atoms with van der Waals surface area (Å²) in [5, 5.41) is 0. The molecule has 4 aliphatic carbocycles. The van der Waals surface area contributed by atoms with Gasteiger partial charge in [0.2, 0.25) is 0 Å². The van der Waals surface area contributed by atoms with E-state index in [9.17, 15) is 4.79 Å². The zero-order valence-corrected chi connectivity index (χ0v) is 24.3. The Labute approximate surface area is 215 Å². The van der Waals surface area contributed by atoms with E-state index in [0.29, 0.717) is 23.4 Å². The molecule has 2 nitrogen and oxygen atoms in total. The molecular weight excluding hydrogens is 416 g/mol. The predicted molar refractivity (Wildman–Crippen MR) is 151 cm³/mol. The lowest BCUT2D eigenvalue weighted by Gasteiger charge is -2.61. The SMILES string of the molecule is C.CC.CC.CC.CC(=O)OCC[C@@H](C)C1CCC2C3CCC4CCCCC4(C)C3CCC21C. The van der Waals surface area contributed by atoms with Gasteiger partial charge in [-0.1, -0.05) is 82.6 Å². The predicted octanol–water partition coefficient (Wildman–Crippen LogP) is 10.3. The number of hydrogen-bond acceptors (Lipinski definition) is 2. The Kier molecular flexibility index (Phi) is 15.3. The average Bonchev–Trinajstić information content (AvgIpc) is 3.19. The van der Waals surface area contributed by atoms with Crippen LogP contribution in [0.15, 0.2) is 0 Å². The Balaban J connectivity index is 0.00000145. The van der Waals surface area contributed by atoms with E-state index in [2.05, 4.69) is 20.8 Å². The van der Waals surface area contributed by atoms with Gasteiger partial charge in [-0.3, -0.25) is 4.79 Å². The number of rotatable bonds is 4. The van der Waals surface area contributed by atoms with Crippen LogP contribution in [0, 0.1) is 46.3 Å². The monoisotopic (exact) mass is 480 g/mol. The maximum absolute atomic E-state index is 11.1. The molecule has 7 unspecified atom stereocenters. The highest BCUT2D eigenvalue weighted by molar-refractivity contribution is 5.65. The molecule has 0 amide bonds. The summed E-state index contributed by atoms with van der Waals surface area (Å²) in [6, 6.07) is 0. The fraction of sp³-hybridized carbons (Fsp3) is 0.969. The maximum Gasteiger partial charge on any atom is 0.302 e. The van der Waals surface area contributed by atoms with Crippen molar-refractivity contribution in [3.63, 3.8) is 0 Å². The number of ether oxygens (including phenoxy) is 1. The Bertz CT molecular complexity index is 557. The van der Waals surface area contributed by atoms with E-state index in [1.54, 1.807) is 0 Å². The van der Waals surface area contributed by atoms with E-state index in [1.807, 2.05) is 41.5 Å². The van der Waals surface area contributed by atoms with Gasteiger partial charge in [-0.05, 0) is 104 Å². The van der Waals surface area contributed by atoms with Crippen molar-refractivity contribution in [2.45, 2.75) is 147 Å². The topological polar surface area (TPSA) is 26.3 Å². The van der Waals surface area contributed by atoms with Crippen LogP contribution in [0.2, 0.25) is 0 Å². The molecule has 34 heavy (non-hydrogen) atoms. The van der Waals surface area contributed by atoms with Crippen LogP contribution >= 0.6 is 0 Å². The summed E-state index contributed by atoms with van der Waals surface area (Å²) < 4.78 is 5.26. The zero-order chi connectivity index (χ0) is 25.2. The molecule has 0 aromatic carbocycles. The van der Waals surface area contributed by atoms with Gasteiger partial charge in [0.25, 0.3) is 0 Å². The van der Waals surface area contributed by atoms with Crippen molar-refractivity contribution in [2.75, 3.05) is 6.61 Å². The molecule has 0 saturated heterocycles. The molecule has 204 valence electrons. The summed E-state index contributed by atoms with van der Waals surface area (Å²) >= 11 is 0. The van der Waals surface area contributed by atoms with Crippen molar-refractivity contribution in [2.24, 2.45) is 46.3 Å². The Morgan fingerprint density at radius 2 is 1.44 bits per heavy atom. The number of carbonyl (C=O) groups is 1. The second-order valence-electron chi connectivity index (χ2n) is 11.2. The number of esters is 1. The summed E-state index contributed by atoms with van der Waals surface area (Å²) in [6.07, 6.45) is 15.8. The normalized spacial score (nSPS) is 38.2. The molecule has 4 rings (SSSR count). The Morgan fingerprint density at radius 1 is 0.824 bits per heavy atom. The van der Waals surface area contributed by atoms with Gasteiger partial charge >= 0.3 is 5.97 Å². The molecule has 4 aliphatic rings. The lowest BCUT2D eigenvalue weighted by molar-refractivity contribution is -0.141. The molecule has 8 atom stereocenters. The minimum absolute atomic E-state index is 0. The Morgan fingerprint density at radius 3 is 2.06 bits per heavy atom. The molecule has 4 fully saturated rings. The van der Waals surface area contributed by atoms with Crippen LogP contribution in [0.4, 0.5) is 0 Å². The Hall–Kier alpha value is -0.530. The van der Waals surface area contributed by atoms with E-state index >= 15 is 0 Å². The molecule has 0 aromatic heterocycles. The van der Waals surface area contributed by atoms with Gasteiger partial charge in [0.05, 0.1) is 6.61 Å². The fourth-order valence-corrected chi connectivity index (χ4v) is 8.86. The van der Waals surface area contributed by atoms with E-state index in [1.165, 1.54) is 71.1 Å². The second kappa shape index (κ2) is 15.6. The summed E-state index contributed by atoms with van der Waals surface area (Å²) in [5.41, 5.74) is 1.19. The van der Waals surface area contributed by atoms with Crippen LogP contribution in [0.5, 0.6) is 0 Å². The molecule has 0 radical (unpaired) electrons. The van der Waals surface area contributed by atoms with Crippen molar-refractivity contribution >= 4 is 5.97 Å². The van der Waals surface area contributed by atoms with Crippen LogP contribution < -0.4 is 0 Å². The lowest BCUT2D eigenvalue weighted by atomic mass is 9.44. The summed E-state index contributed by atoms with van der Waals surface area (Å²) in [5.74, 6) is 5.36. The molecule has 0 aromatic rings. The summed E-state index contributed by atoms with van der Waals surface area (Å²) in [4.78, 5) is 11.1. The first kappa shape index (κ1) is 33.5. The minimum Gasteiger partial charge on any atom is -0.466 e. The van der Waals surface area contributed by atoms with Crippen molar-refractivity contribution < 1.29 is 9.53 Å². The summed E-state index contributed by atoms with van der Waals surface area (Å²) in [7, 11) is 0. The average molecular weight is 481 g/mol. The van der Waals surface area contributed by atoms with E-state index in [4.69, 9.17) is 4.74 Å². The first-order valence-corrected chi connectivity index (χ1v) is 15.0. The van der Waals surface area contributed by atoms with Gasteiger partial charge in [0, 0.05) is 6.92 Å². The quantitative estimate of drug-likeness (QED) is 0.374. The van der Waals surface area contributed by atoms with Gasteiger partial charge in [0.1, 0.15) is 0 Å². The molecule has 0 aliphatic heterocycles. The van der Waals surface area contributed by atoms with Crippen LogP contribution in [-0.4, -0.2) is 12.6 Å². The minimum atomic E-state index is -0.129. The van der Waals surface area contributed by atoms with E-state index in [-0.39, 0.29) is 13.4 Å². The van der Waals surface area contributed by atoms with Crippen molar-refractivity contribution in [3.8, 4) is 0 Å². The van der Waals surface area contributed by atoms with Gasteiger partial charge in [0.15, 0.2) is 0 Å². The van der Waals surface area contributed by atoms with Gasteiger partial charge in [-0.2, -0.15) is 0 Å². The van der Waals surface area contributed by atoms with Crippen molar-refractivity contribution in [1.29, 1.82) is 0 Å². The van der Waals surface area contributed by atoms with Gasteiger partial charge < -0.3 is 4.74 Å². The van der Waals surface area contributed by atoms with Crippen LogP contribution in [0.3, 0.4) is 0 Å². The van der Waals surface area contributed by atoms with E-state index in [0.717, 1.165) is 36.0 Å².